The molecule has 0 atom stereocenters. The molecule has 4 nitrogen and oxygen atoms in total. The second-order valence-electron chi connectivity index (χ2n) is 3.34. The fourth-order valence-electron chi connectivity index (χ4n) is 1.14. The molecule has 0 heterocycles. The van der Waals surface area contributed by atoms with Crippen LogP contribution in [0.3, 0.4) is 0 Å². The van der Waals surface area contributed by atoms with Crippen molar-refractivity contribution >= 4 is 50.7 Å². The van der Waals surface area contributed by atoms with Crippen LogP contribution in [0, 0.1) is 0 Å². The van der Waals surface area contributed by atoms with Crippen LogP contribution in [-0.4, -0.2) is 32.8 Å². The number of benzene rings is 1. The van der Waals surface area contributed by atoms with E-state index in [2.05, 4.69) is 21.2 Å². The zero-order chi connectivity index (χ0) is 13.5. The maximum Gasteiger partial charge on any atom is 0.250 e. The number of ether oxygens (including phenoxy) is 2. The molecule has 18 heavy (non-hydrogen) atoms. The second-order valence-corrected chi connectivity index (χ2v) is 5.07. The van der Waals surface area contributed by atoms with Crippen molar-refractivity contribution in [2.24, 2.45) is 0 Å². The van der Waals surface area contributed by atoms with Gasteiger partial charge in [-0.1, -0.05) is 39.1 Å². The fraction of sp³-hybridized carbons (Fsp3) is 0.364. The summed E-state index contributed by atoms with van der Waals surface area (Å²) in [6, 6.07) is 3.30. The van der Waals surface area contributed by atoms with Crippen molar-refractivity contribution in [2.45, 2.75) is 0 Å². The summed E-state index contributed by atoms with van der Waals surface area (Å²) in [6.45, 7) is 0.713. The molecule has 0 aliphatic heterocycles. The standard InChI is InChI=1S/C11H12BrCl2NO3/c1-17-2-3-18-6-10(16)15-11-8(13)4-7(12)5-9(11)14/h4-5H,2-3,6H2,1H3,(H,15,16). The first-order chi connectivity index (χ1) is 8.54. The molecule has 0 saturated carbocycles. The van der Waals surface area contributed by atoms with Crippen molar-refractivity contribution in [1.29, 1.82) is 0 Å². The average molecular weight is 357 g/mol. The van der Waals surface area contributed by atoms with Gasteiger partial charge in [-0.15, -0.1) is 0 Å². The van der Waals surface area contributed by atoms with Gasteiger partial charge in [-0.25, -0.2) is 0 Å². The van der Waals surface area contributed by atoms with E-state index in [1.165, 1.54) is 0 Å². The van der Waals surface area contributed by atoms with Crippen LogP contribution in [-0.2, 0) is 14.3 Å². The van der Waals surface area contributed by atoms with Crippen LogP contribution in [0.2, 0.25) is 10.0 Å². The minimum atomic E-state index is -0.322. The highest BCUT2D eigenvalue weighted by Crippen LogP contribution is 2.33. The predicted molar refractivity (Wildman–Crippen MR) is 75.5 cm³/mol. The van der Waals surface area contributed by atoms with E-state index in [9.17, 15) is 4.79 Å². The number of nitrogens with one attached hydrogen (secondary N) is 1. The topological polar surface area (TPSA) is 47.6 Å². The Morgan fingerprint density at radius 3 is 2.50 bits per heavy atom. The Bertz CT molecular complexity index is 406. The Balaban J connectivity index is 2.54. The maximum absolute atomic E-state index is 11.6. The molecule has 0 unspecified atom stereocenters. The normalized spacial score (nSPS) is 10.4. The SMILES string of the molecule is COCCOCC(=O)Nc1c(Cl)cc(Br)cc1Cl. The number of methoxy groups -OCH3 is 1. The van der Waals surface area contributed by atoms with Crippen LogP contribution in [0.1, 0.15) is 0 Å². The van der Waals surface area contributed by atoms with Gasteiger partial charge < -0.3 is 14.8 Å². The lowest BCUT2D eigenvalue weighted by atomic mass is 10.3. The second kappa shape index (κ2) is 7.96. The van der Waals surface area contributed by atoms with Gasteiger partial charge in [0.25, 0.3) is 0 Å². The molecule has 0 aliphatic carbocycles. The molecule has 0 radical (unpaired) electrons. The summed E-state index contributed by atoms with van der Waals surface area (Å²) in [5.41, 5.74) is 0.377. The van der Waals surface area contributed by atoms with Gasteiger partial charge in [0, 0.05) is 11.6 Å². The fourth-order valence-corrected chi connectivity index (χ4v) is 2.45. The van der Waals surface area contributed by atoms with Crippen molar-refractivity contribution < 1.29 is 14.3 Å². The van der Waals surface area contributed by atoms with Gasteiger partial charge in [-0.2, -0.15) is 0 Å². The quantitative estimate of drug-likeness (QED) is 0.795. The van der Waals surface area contributed by atoms with Crippen molar-refractivity contribution in [3.8, 4) is 0 Å². The van der Waals surface area contributed by atoms with Crippen molar-refractivity contribution in [3.05, 3.63) is 26.7 Å². The molecule has 0 aliphatic rings. The predicted octanol–water partition coefficient (Wildman–Crippen LogP) is 3.36. The van der Waals surface area contributed by atoms with E-state index in [0.29, 0.717) is 28.9 Å². The Labute approximate surface area is 124 Å². The summed E-state index contributed by atoms with van der Waals surface area (Å²) in [5.74, 6) is -0.322. The third-order valence-corrected chi connectivity index (χ3v) is 2.99. The highest BCUT2D eigenvalue weighted by molar-refractivity contribution is 9.10. The number of hydrogen-bond donors (Lipinski definition) is 1. The zero-order valence-electron chi connectivity index (χ0n) is 9.63. The van der Waals surface area contributed by atoms with E-state index < -0.39 is 0 Å². The average Bonchev–Trinajstić information content (AvgIpc) is 2.29. The van der Waals surface area contributed by atoms with Gasteiger partial charge in [0.15, 0.2) is 0 Å². The Hall–Kier alpha value is -0.330. The number of halogens is 3. The number of anilines is 1. The van der Waals surface area contributed by atoms with Crippen LogP contribution in [0.15, 0.2) is 16.6 Å². The summed E-state index contributed by atoms with van der Waals surface area (Å²) < 4.78 is 10.6. The first-order valence-corrected chi connectivity index (χ1v) is 6.60. The Morgan fingerprint density at radius 1 is 1.33 bits per heavy atom. The van der Waals surface area contributed by atoms with Gasteiger partial charge >= 0.3 is 0 Å². The molecule has 100 valence electrons. The molecular formula is C11H12BrCl2NO3. The lowest BCUT2D eigenvalue weighted by molar-refractivity contribution is -0.121. The zero-order valence-corrected chi connectivity index (χ0v) is 12.7. The summed E-state index contributed by atoms with van der Waals surface area (Å²) >= 11 is 15.2. The number of carbonyl (C=O) groups is 1. The van der Waals surface area contributed by atoms with Crippen LogP contribution >= 0.6 is 39.1 Å². The molecule has 0 spiro atoms. The van der Waals surface area contributed by atoms with E-state index in [-0.39, 0.29) is 12.5 Å². The first kappa shape index (κ1) is 15.7. The van der Waals surface area contributed by atoms with Gasteiger partial charge in [0.05, 0.1) is 28.9 Å². The van der Waals surface area contributed by atoms with Crippen molar-refractivity contribution in [1.82, 2.24) is 0 Å². The van der Waals surface area contributed by atoms with E-state index >= 15 is 0 Å². The molecule has 1 amide bonds. The monoisotopic (exact) mass is 355 g/mol. The first-order valence-electron chi connectivity index (χ1n) is 5.05. The summed E-state index contributed by atoms with van der Waals surface area (Å²) in [4.78, 5) is 11.6. The smallest absolute Gasteiger partial charge is 0.250 e. The minimum Gasteiger partial charge on any atom is -0.382 e. The lowest BCUT2D eigenvalue weighted by Gasteiger charge is -2.10. The molecule has 1 rings (SSSR count). The summed E-state index contributed by atoms with van der Waals surface area (Å²) in [5, 5.41) is 3.31. The van der Waals surface area contributed by atoms with E-state index in [0.717, 1.165) is 4.47 Å². The molecule has 0 fully saturated rings. The Kier molecular flexibility index (Phi) is 6.96. The summed E-state index contributed by atoms with van der Waals surface area (Å²) in [6.07, 6.45) is 0. The van der Waals surface area contributed by atoms with Crippen LogP contribution in [0.4, 0.5) is 5.69 Å². The van der Waals surface area contributed by atoms with E-state index in [1.54, 1.807) is 19.2 Å². The number of carbonyl (C=O) groups excluding carboxylic acids is 1. The maximum atomic E-state index is 11.6. The van der Waals surface area contributed by atoms with Gasteiger partial charge in [-0.3, -0.25) is 4.79 Å². The molecule has 0 bridgehead atoms. The van der Waals surface area contributed by atoms with Crippen LogP contribution in [0.25, 0.3) is 0 Å². The molecule has 1 N–H and O–H groups in total. The van der Waals surface area contributed by atoms with Gasteiger partial charge in [0.2, 0.25) is 5.91 Å². The Morgan fingerprint density at radius 2 is 1.94 bits per heavy atom. The molecule has 0 saturated heterocycles. The highest BCUT2D eigenvalue weighted by atomic mass is 79.9. The summed E-state index contributed by atoms with van der Waals surface area (Å²) in [7, 11) is 1.56. The molecule has 0 aromatic heterocycles. The highest BCUT2D eigenvalue weighted by Gasteiger charge is 2.11. The van der Waals surface area contributed by atoms with Crippen LogP contribution in [0.5, 0.6) is 0 Å². The van der Waals surface area contributed by atoms with Gasteiger partial charge in [0.1, 0.15) is 6.61 Å². The number of amides is 1. The third kappa shape index (κ3) is 5.12. The molecular weight excluding hydrogens is 345 g/mol. The van der Waals surface area contributed by atoms with Crippen molar-refractivity contribution in [3.63, 3.8) is 0 Å². The van der Waals surface area contributed by atoms with Crippen LogP contribution < -0.4 is 5.32 Å². The van der Waals surface area contributed by atoms with Gasteiger partial charge in [-0.05, 0) is 12.1 Å². The number of hydrogen-bond acceptors (Lipinski definition) is 3. The lowest BCUT2D eigenvalue weighted by Crippen LogP contribution is -2.20. The minimum absolute atomic E-state index is 0.0773. The molecule has 7 heteroatoms. The number of rotatable bonds is 6. The third-order valence-electron chi connectivity index (χ3n) is 1.94. The van der Waals surface area contributed by atoms with E-state index in [4.69, 9.17) is 32.7 Å². The molecule has 1 aromatic carbocycles. The van der Waals surface area contributed by atoms with E-state index in [1.807, 2.05) is 0 Å². The van der Waals surface area contributed by atoms with Crippen molar-refractivity contribution in [2.75, 3.05) is 32.2 Å². The largest absolute Gasteiger partial charge is 0.382 e. The molecule has 1 aromatic rings.